The molecule has 4 nitrogen and oxygen atoms in total. The van der Waals surface area contributed by atoms with Gasteiger partial charge in [-0.05, 0) is 26.3 Å². The maximum Gasteiger partial charge on any atom is 0.410 e. The molecule has 0 spiro atoms. The molecular weight excluding hydrogens is 290 g/mol. The van der Waals surface area contributed by atoms with Crippen LogP contribution in [0.3, 0.4) is 0 Å². The molecule has 0 aromatic heterocycles. The number of nitrogens with zero attached hydrogens (tertiary/aromatic N) is 1. The molecule has 1 aromatic rings. The molecule has 0 saturated carbocycles. The van der Waals surface area contributed by atoms with Crippen molar-refractivity contribution in [3.05, 3.63) is 35.9 Å². The Hall–Kier alpha value is -1.55. The number of ketones is 1. The maximum absolute atomic E-state index is 12.2. The molecule has 5 heteroatoms. The minimum Gasteiger partial charge on any atom is -0.445 e. The van der Waals surface area contributed by atoms with Crippen LogP contribution in [0.5, 0.6) is 0 Å². The standard InChI is InChI=1S/C16H22ClNO3/c1-16(2,3)18(10-9-14(19)11-17)15(20)21-12-13-7-5-4-6-8-13/h4-8H,9-12H2,1-3H3. The van der Waals surface area contributed by atoms with E-state index in [1.807, 2.05) is 51.1 Å². The second-order valence-electron chi connectivity index (χ2n) is 5.78. The van der Waals surface area contributed by atoms with Crippen molar-refractivity contribution in [1.82, 2.24) is 4.90 Å². The summed E-state index contributed by atoms with van der Waals surface area (Å²) in [7, 11) is 0. The van der Waals surface area contributed by atoms with Crippen LogP contribution >= 0.6 is 11.6 Å². The lowest BCUT2D eigenvalue weighted by atomic mass is 10.1. The molecule has 0 saturated heterocycles. The number of carbonyl (C=O) groups excluding carboxylic acids is 2. The fourth-order valence-electron chi connectivity index (χ4n) is 1.80. The molecule has 0 bridgehead atoms. The van der Waals surface area contributed by atoms with E-state index in [1.54, 1.807) is 4.90 Å². The van der Waals surface area contributed by atoms with E-state index in [0.29, 0.717) is 6.54 Å². The van der Waals surface area contributed by atoms with Crippen molar-refractivity contribution >= 4 is 23.5 Å². The highest BCUT2D eigenvalue weighted by molar-refractivity contribution is 6.27. The van der Waals surface area contributed by atoms with Crippen LogP contribution in [0.4, 0.5) is 4.79 Å². The van der Waals surface area contributed by atoms with Gasteiger partial charge in [-0.1, -0.05) is 30.3 Å². The lowest BCUT2D eigenvalue weighted by Gasteiger charge is -2.34. The number of ether oxygens (including phenoxy) is 1. The number of halogens is 1. The molecular formula is C16H22ClNO3. The van der Waals surface area contributed by atoms with E-state index >= 15 is 0 Å². The largest absolute Gasteiger partial charge is 0.445 e. The number of hydrogen-bond donors (Lipinski definition) is 0. The van der Waals surface area contributed by atoms with Crippen molar-refractivity contribution in [2.45, 2.75) is 39.3 Å². The van der Waals surface area contributed by atoms with Gasteiger partial charge in [-0.15, -0.1) is 11.6 Å². The van der Waals surface area contributed by atoms with Crippen molar-refractivity contribution in [3.8, 4) is 0 Å². The Balaban J connectivity index is 2.61. The van der Waals surface area contributed by atoms with Gasteiger partial charge in [0.25, 0.3) is 0 Å². The van der Waals surface area contributed by atoms with Crippen molar-refractivity contribution in [2.75, 3.05) is 12.4 Å². The third kappa shape index (κ3) is 6.17. The van der Waals surface area contributed by atoms with Gasteiger partial charge in [-0.3, -0.25) is 4.79 Å². The van der Waals surface area contributed by atoms with Crippen LogP contribution in [-0.2, 0) is 16.1 Å². The smallest absolute Gasteiger partial charge is 0.410 e. The number of benzene rings is 1. The highest BCUT2D eigenvalue weighted by Crippen LogP contribution is 2.16. The fourth-order valence-corrected chi connectivity index (χ4v) is 1.93. The molecule has 0 aliphatic rings. The van der Waals surface area contributed by atoms with Gasteiger partial charge in [-0.25, -0.2) is 4.79 Å². The molecule has 0 aliphatic carbocycles. The van der Waals surface area contributed by atoms with Gasteiger partial charge < -0.3 is 9.64 Å². The minimum atomic E-state index is -0.422. The van der Waals surface area contributed by atoms with Crippen molar-refractivity contribution in [1.29, 1.82) is 0 Å². The van der Waals surface area contributed by atoms with Crippen LogP contribution in [-0.4, -0.2) is 34.7 Å². The number of amides is 1. The molecule has 1 rings (SSSR count). The monoisotopic (exact) mass is 311 g/mol. The summed E-state index contributed by atoms with van der Waals surface area (Å²) in [4.78, 5) is 25.1. The van der Waals surface area contributed by atoms with E-state index in [-0.39, 0.29) is 24.7 Å². The summed E-state index contributed by atoms with van der Waals surface area (Å²) >= 11 is 5.49. The van der Waals surface area contributed by atoms with Crippen molar-refractivity contribution in [2.24, 2.45) is 0 Å². The molecule has 1 amide bonds. The molecule has 0 heterocycles. The summed E-state index contributed by atoms with van der Waals surface area (Å²) < 4.78 is 5.33. The van der Waals surface area contributed by atoms with Gasteiger partial charge in [-0.2, -0.15) is 0 Å². The lowest BCUT2D eigenvalue weighted by molar-refractivity contribution is -0.117. The number of carbonyl (C=O) groups is 2. The first kappa shape index (κ1) is 17.5. The highest BCUT2D eigenvalue weighted by atomic mass is 35.5. The minimum absolute atomic E-state index is 0.0307. The van der Waals surface area contributed by atoms with Crippen LogP contribution in [0, 0.1) is 0 Å². The summed E-state index contributed by atoms with van der Waals surface area (Å²) in [6, 6.07) is 9.48. The normalized spacial score (nSPS) is 11.0. The fraction of sp³-hybridized carbons (Fsp3) is 0.500. The van der Waals surface area contributed by atoms with Crippen molar-refractivity contribution in [3.63, 3.8) is 0 Å². The molecule has 1 aromatic carbocycles. The average Bonchev–Trinajstić information content (AvgIpc) is 2.44. The van der Waals surface area contributed by atoms with Crippen LogP contribution in [0.2, 0.25) is 0 Å². The summed E-state index contributed by atoms with van der Waals surface area (Å²) in [5.74, 6) is -0.112. The SMILES string of the molecule is CC(C)(C)N(CCC(=O)CCl)C(=O)OCc1ccccc1. The topological polar surface area (TPSA) is 46.6 Å². The first-order chi connectivity index (χ1) is 9.84. The summed E-state index contributed by atoms with van der Waals surface area (Å²) in [5, 5.41) is 0. The molecule has 0 aliphatic heterocycles. The average molecular weight is 312 g/mol. The lowest BCUT2D eigenvalue weighted by Crippen LogP contribution is -2.46. The number of Topliss-reactive ketones (excluding diaryl/α,β-unsaturated/α-hetero) is 1. The molecule has 0 fully saturated rings. The number of rotatable bonds is 6. The Bertz CT molecular complexity index is 468. The quantitative estimate of drug-likeness (QED) is 0.754. The van der Waals surface area contributed by atoms with E-state index in [9.17, 15) is 9.59 Å². The van der Waals surface area contributed by atoms with Gasteiger partial charge in [0.05, 0.1) is 5.88 Å². The molecule has 0 N–H and O–H groups in total. The molecule has 0 radical (unpaired) electrons. The Morgan fingerprint density at radius 2 is 1.81 bits per heavy atom. The first-order valence-electron chi connectivity index (χ1n) is 6.90. The van der Waals surface area contributed by atoms with Crippen LogP contribution in [0.15, 0.2) is 30.3 Å². The second kappa shape index (κ2) is 8.03. The number of hydrogen-bond acceptors (Lipinski definition) is 3. The van der Waals surface area contributed by atoms with Gasteiger partial charge in [0.1, 0.15) is 12.4 Å². The van der Waals surface area contributed by atoms with Gasteiger partial charge >= 0.3 is 6.09 Å². The molecule has 21 heavy (non-hydrogen) atoms. The molecule has 0 atom stereocenters. The van der Waals surface area contributed by atoms with Gasteiger partial charge in [0.15, 0.2) is 0 Å². The summed E-state index contributed by atoms with van der Waals surface area (Å²) in [6.45, 7) is 6.24. The predicted octanol–water partition coefficient (Wildman–Crippen LogP) is 3.62. The van der Waals surface area contributed by atoms with Crippen LogP contribution in [0.1, 0.15) is 32.8 Å². The van der Waals surface area contributed by atoms with Crippen molar-refractivity contribution < 1.29 is 14.3 Å². The van der Waals surface area contributed by atoms with E-state index in [4.69, 9.17) is 16.3 Å². The van der Waals surface area contributed by atoms with Gasteiger partial charge in [0, 0.05) is 18.5 Å². The number of alkyl halides is 1. The zero-order valence-electron chi connectivity index (χ0n) is 12.8. The highest BCUT2D eigenvalue weighted by Gasteiger charge is 2.28. The Labute approximate surface area is 131 Å². The third-order valence-corrected chi connectivity index (χ3v) is 3.30. The Morgan fingerprint density at radius 3 is 2.33 bits per heavy atom. The van der Waals surface area contributed by atoms with Gasteiger partial charge in [0.2, 0.25) is 0 Å². The molecule has 0 unspecified atom stereocenters. The Morgan fingerprint density at radius 1 is 1.19 bits per heavy atom. The Kier molecular flexibility index (Phi) is 6.69. The van der Waals surface area contributed by atoms with E-state index in [1.165, 1.54) is 0 Å². The molecule has 116 valence electrons. The van der Waals surface area contributed by atoms with E-state index in [2.05, 4.69) is 0 Å². The van der Waals surface area contributed by atoms with E-state index < -0.39 is 11.6 Å². The summed E-state index contributed by atoms with van der Waals surface area (Å²) in [5.41, 5.74) is 0.511. The zero-order valence-corrected chi connectivity index (χ0v) is 13.5. The van der Waals surface area contributed by atoms with Crippen LogP contribution in [0.25, 0.3) is 0 Å². The third-order valence-electron chi connectivity index (χ3n) is 3.00. The first-order valence-corrected chi connectivity index (χ1v) is 7.44. The predicted molar refractivity (Wildman–Crippen MR) is 83.4 cm³/mol. The van der Waals surface area contributed by atoms with E-state index in [0.717, 1.165) is 5.56 Å². The summed E-state index contributed by atoms with van der Waals surface area (Å²) in [6.07, 6.45) is -0.185. The zero-order chi connectivity index (χ0) is 15.9. The maximum atomic E-state index is 12.2. The second-order valence-corrected chi connectivity index (χ2v) is 6.05. The van der Waals surface area contributed by atoms with Crippen LogP contribution < -0.4 is 0 Å².